The van der Waals surface area contributed by atoms with Crippen molar-refractivity contribution in [2.45, 2.75) is 64.0 Å². The molecule has 0 spiro atoms. The van der Waals surface area contributed by atoms with Gasteiger partial charge in [0.05, 0.1) is 7.11 Å². The van der Waals surface area contributed by atoms with Crippen molar-refractivity contribution in [3.63, 3.8) is 0 Å². The van der Waals surface area contributed by atoms with E-state index in [1.54, 1.807) is 7.11 Å². The van der Waals surface area contributed by atoms with Crippen molar-refractivity contribution < 1.29 is 4.74 Å². The maximum Gasteiger partial charge on any atom is 0.128 e. The molecule has 2 aliphatic carbocycles. The molecule has 1 heterocycles. The average Bonchev–Trinajstić information content (AvgIpc) is 2.71. The van der Waals surface area contributed by atoms with E-state index in [1.807, 2.05) is 12.4 Å². The second kappa shape index (κ2) is 8.39. The number of hydrogen-bond acceptors (Lipinski definition) is 4. The predicted octanol–water partition coefficient (Wildman–Crippen LogP) is 4.50. The van der Waals surface area contributed by atoms with Gasteiger partial charge in [-0.1, -0.05) is 31.9 Å². The normalized spacial score (nSPS) is 26.9. The summed E-state index contributed by atoms with van der Waals surface area (Å²) in [6.07, 6.45) is 11.5. The summed E-state index contributed by atoms with van der Waals surface area (Å²) in [5, 5.41) is 3.85. The van der Waals surface area contributed by atoms with Crippen LogP contribution in [0.4, 0.5) is 0 Å². The molecule has 4 nitrogen and oxygen atoms in total. The number of fused-ring (bicyclic) bond motifs is 1. The first kappa shape index (κ1) is 18.4. The average molecular weight is 366 g/mol. The molecule has 0 amide bonds. The van der Waals surface area contributed by atoms with E-state index in [4.69, 9.17) is 4.74 Å². The van der Waals surface area contributed by atoms with E-state index < -0.39 is 0 Å². The Morgan fingerprint density at radius 1 is 1.04 bits per heavy atom. The van der Waals surface area contributed by atoms with Crippen LogP contribution in [0.15, 0.2) is 36.7 Å². The van der Waals surface area contributed by atoms with E-state index in [0.717, 1.165) is 42.8 Å². The standard InChI is InChI=1S/C23H31N3O/c1-3-6-21-24-13-16(14-25-21)15-26-23-20-8-5-4-7-19(20)22(23)17-9-11-18(27-2)12-10-17/h9-14,19-20,22-23,26H,3-8,15H2,1-2H3/t19?,20?,22-,23-/m0/s1. The summed E-state index contributed by atoms with van der Waals surface area (Å²) in [5.41, 5.74) is 2.63. The smallest absolute Gasteiger partial charge is 0.128 e. The minimum atomic E-state index is 0.555. The lowest BCUT2D eigenvalue weighted by Gasteiger charge is -2.55. The van der Waals surface area contributed by atoms with Gasteiger partial charge in [0.2, 0.25) is 0 Å². The van der Waals surface area contributed by atoms with Gasteiger partial charge in [0, 0.05) is 42.9 Å². The van der Waals surface area contributed by atoms with Crippen molar-refractivity contribution in [1.82, 2.24) is 15.3 Å². The second-order valence-electron chi connectivity index (χ2n) is 8.08. The van der Waals surface area contributed by atoms with Crippen molar-refractivity contribution in [2.24, 2.45) is 11.8 Å². The number of aromatic nitrogens is 2. The van der Waals surface area contributed by atoms with Crippen LogP contribution in [0.1, 0.15) is 61.9 Å². The van der Waals surface area contributed by atoms with Crippen molar-refractivity contribution in [2.75, 3.05) is 7.11 Å². The van der Waals surface area contributed by atoms with E-state index in [0.29, 0.717) is 12.0 Å². The molecule has 27 heavy (non-hydrogen) atoms. The van der Waals surface area contributed by atoms with Gasteiger partial charge >= 0.3 is 0 Å². The molecule has 2 saturated carbocycles. The first-order valence-electron chi connectivity index (χ1n) is 10.5. The van der Waals surface area contributed by atoms with Gasteiger partial charge in [0.1, 0.15) is 11.6 Å². The topological polar surface area (TPSA) is 47.0 Å². The fraction of sp³-hybridized carbons (Fsp3) is 0.565. The third-order valence-electron chi connectivity index (χ3n) is 6.46. The highest BCUT2D eigenvalue weighted by atomic mass is 16.5. The first-order chi connectivity index (χ1) is 13.3. The molecule has 0 radical (unpaired) electrons. The third-order valence-corrected chi connectivity index (χ3v) is 6.46. The fourth-order valence-electron chi connectivity index (χ4n) is 5.09. The summed E-state index contributed by atoms with van der Waals surface area (Å²) < 4.78 is 5.34. The minimum Gasteiger partial charge on any atom is -0.497 e. The molecule has 0 aliphatic heterocycles. The van der Waals surface area contributed by atoms with Crippen LogP contribution in [0.5, 0.6) is 5.75 Å². The number of rotatable bonds is 7. The molecule has 1 aromatic carbocycles. The Hall–Kier alpha value is -1.94. The van der Waals surface area contributed by atoms with Crippen LogP contribution in [-0.2, 0) is 13.0 Å². The fourth-order valence-corrected chi connectivity index (χ4v) is 5.09. The Morgan fingerprint density at radius 2 is 1.74 bits per heavy atom. The van der Waals surface area contributed by atoms with Crippen LogP contribution in [0.25, 0.3) is 0 Å². The van der Waals surface area contributed by atoms with Crippen LogP contribution in [0.3, 0.4) is 0 Å². The van der Waals surface area contributed by atoms with E-state index in [9.17, 15) is 0 Å². The number of benzene rings is 1. The zero-order chi connectivity index (χ0) is 18.6. The molecule has 4 atom stereocenters. The number of nitrogens with zero attached hydrogens (tertiary/aromatic N) is 2. The Morgan fingerprint density at radius 3 is 2.41 bits per heavy atom. The lowest BCUT2D eigenvalue weighted by atomic mass is 9.53. The van der Waals surface area contributed by atoms with Crippen LogP contribution < -0.4 is 10.1 Å². The van der Waals surface area contributed by atoms with Gasteiger partial charge < -0.3 is 10.1 Å². The second-order valence-corrected chi connectivity index (χ2v) is 8.08. The molecule has 2 aromatic rings. The highest BCUT2D eigenvalue weighted by molar-refractivity contribution is 5.33. The summed E-state index contributed by atoms with van der Waals surface area (Å²) >= 11 is 0. The molecule has 2 fully saturated rings. The van der Waals surface area contributed by atoms with Gasteiger partial charge in [-0.05, 0) is 48.8 Å². The number of methoxy groups -OCH3 is 1. The molecule has 0 bridgehead atoms. The zero-order valence-electron chi connectivity index (χ0n) is 16.5. The first-order valence-corrected chi connectivity index (χ1v) is 10.5. The zero-order valence-corrected chi connectivity index (χ0v) is 16.5. The van der Waals surface area contributed by atoms with E-state index in [2.05, 4.69) is 46.5 Å². The molecule has 4 rings (SSSR count). The lowest BCUT2D eigenvalue weighted by molar-refractivity contribution is 0.0253. The largest absolute Gasteiger partial charge is 0.497 e. The van der Waals surface area contributed by atoms with Gasteiger partial charge in [-0.2, -0.15) is 0 Å². The third kappa shape index (κ3) is 3.86. The molecular weight excluding hydrogens is 334 g/mol. The van der Waals surface area contributed by atoms with Crippen LogP contribution in [0.2, 0.25) is 0 Å². The Bertz CT molecular complexity index is 728. The van der Waals surface area contributed by atoms with Crippen LogP contribution in [-0.4, -0.2) is 23.1 Å². The van der Waals surface area contributed by atoms with E-state index >= 15 is 0 Å². The molecule has 0 saturated heterocycles. The summed E-state index contributed by atoms with van der Waals surface area (Å²) in [4.78, 5) is 9.01. The van der Waals surface area contributed by atoms with Crippen molar-refractivity contribution in [1.29, 1.82) is 0 Å². The van der Waals surface area contributed by atoms with Gasteiger partial charge in [-0.25, -0.2) is 9.97 Å². The Balaban J connectivity index is 1.45. The lowest BCUT2D eigenvalue weighted by Crippen LogP contribution is -2.57. The van der Waals surface area contributed by atoms with Gasteiger partial charge in [-0.3, -0.25) is 0 Å². The van der Waals surface area contributed by atoms with Gasteiger partial charge in [0.15, 0.2) is 0 Å². The maximum absolute atomic E-state index is 5.34. The SMILES string of the molecule is CCCc1ncc(CN[C@H]2C3CCCCC3[C@@H]2c2ccc(OC)cc2)cn1. The monoisotopic (exact) mass is 365 g/mol. The molecular formula is C23H31N3O. The predicted molar refractivity (Wildman–Crippen MR) is 108 cm³/mol. The summed E-state index contributed by atoms with van der Waals surface area (Å²) in [6, 6.07) is 9.27. The molecule has 2 unspecified atom stereocenters. The van der Waals surface area contributed by atoms with Crippen molar-refractivity contribution in [3.05, 3.63) is 53.6 Å². The van der Waals surface area contributed by atoms with Gasteiger partial charge in [-0.15, -0.1) is 0 Å². The minimum absolute atomic E-state index is 0.555. The summed E-state index contributed by atoms with van der Waals surface area (Å²) in [7, 11) is 1.73. The summed E-state index contributed by atoms with van der Waals surface area (Å²) in [5.74, 6) is 4.14. The molecule has 144 valence electrons. The highest BCUT2D eigenvalue weighted by Gasteiger charge is 2.50. The quantitative estimate of drug-likeness (QED) is 0.785. The van der Waals surface area contributed by atoms with Crippen molar-refractivity contribution in [3.8, 4) is 5.75 Å². The molecule has 1 N–H and O–H groups in total. The molecule has 4 heteroatoms. The number of nitrogens with one attached hydrogen (secondary N) is 1. The maximum atomic E-state index is 5.34. The number of aryl methyl sites for hydroxylation is 1. The number of hydrogen-bond donors (Lipinski definition) is 1. The van der Waals surface area contributed by atoms with Crippen LogP contribution in [0, 0.1) is 11.8 Å². The Kier molecular flexibility index (Phi) is 5.72. The molecule has 1 aromatic heterocycles. The van der Waals surface area contributed by atoms with Crippen molar-refractivity contribution >= 4 is 0 Å². The van der Waals surface area contributed by atoms with Gasteiger partial charge in [0.25, 0.3) is 0 Å². The van der Waals surface area contributed by atoms with Crippen LogP contribution >= 0.6 is 0 Å². The Labute approximate surface area is 162 Å². The van der Waals surface area contributed by atoms with E-state index in [-0.39, 0.29) is 0 Å². The van der Waals surface area contributed by atoms with E-state index in [1.165, 1.54) is 36.8 Å². The summed E-state index contributed by atoms with van der Waals surface area (Å²) in [6.45, 7) is 3.02. The number of ether oxygens (including phenoxy) is 1. The molecule has 2 aliphatic rings. The highest BCUT2D eigenvalue weighted by Crippen LogP contribution is 2.54.